The number of nitriles is 1. The van der Waals surface area contributed by atoms with Gasteiger partial charge in [-0.2, -0.15) is 5.26 Å². The molecule has 0 bridgehead atoms. The zero-order valence-electron chi connectivity index (χ0n) is 15.8. The molecule has 1 aliphatic heterocycles. The Morgan fingerprint density at radius 2 is 2.07 bits per heavy atom. The van der Waals surface area contributed by atoms with Crippen molar-refractivity contribution >= 4 is 23.2 Å². The van der Waals surface area contributed by atoms with Crippen LogP contribution in [0.3, 0.4) is 0 Å². The van der Waals surface area contributed by atoms with Gasteiger partial charge in [0.25, 0.3) is 5.56 Å². The van der Waals surface area contributed by atoms with Crippen molar-refractivity contribution in [1.82, 2.24) is 4.57 Å². The Bertz CT molecular complexity index is 1070. The Labute approximate surface area is 173 Å². The standard InChI is InChI=1S/C20H20Cl2N4O2/c1-11-9-15-17(20(27)26(11)8-7-25(2)3)16(13(10-23)19(24)28-15)12-5-4-6-14(21)18(12)22/h4-6,9,16H,7-8,24H2,1-3H3/p+1/t16-/m1/s1. The van der Waals surface area contributed by atoms with E-state index in [1.54, 1.807) is 28.8 Å². The first-order chi connectivity index (χ1) is 13.3. The molecule has 0 saturated heterocycles. The molecule has 1 atom stereocenters. The van der Waals surface area contributed by atoms with Crippen molar-refractivity contribution in [2.24, 2.45) is 5.73 Å². The molecule has 2 heterocycles. The molecule has 146 valence electrons. The van der Waals surface area contributed by atoms with E-state index in [0.29, 0.717) is 28.4 Å². The van der Waals surface area contributed by atoms with Crippen LogP contribution >= 0.6 is 23.2 Å². The molecule has 3 rings (SSSR count). The lowest BCUT2D eigenvalue weighted by molar-refractivity contribution is -0.858. The van der Waals surface area contributed by atoms with Crippen molar-refractivity contribution in [2.75, 3.05) is 20.6 Å². The van der Waals surface area contributed by atoms with Gasteiger partial charge in [-0.3, -0.25) is 4.79 Å². The third kappa shape index (κ3) is 3.49. The molecule has 0 saturated carbocycles. The summed E-state index contributed by atoms with van der Waals surface area (Å²) in [4.78, 5) is 14.6. The molecule has 1 aromatic carbocycles. The molecular formula is C20H21Cl2N4O2+. The predicted molar refractivity (Wildman–Crippen MR) is 109 cm³/mol. The second kappa shape index (κ2) is 7.88. The number of hydrogen-bond acceptors (Lipinski definition) is 4. The van der Waals surface area contributed by atoms with E-state index in [2.05, 4.69) is 6.07 Å². The van der Waals surface area contributed by atoms with Gasteiger partial charge in [0.15, 0.2) is 0 Å². The first-order valence-electron chi connectivity index (χ1n) is 8.81. The summed E-state index contributed by atoms with van der Waals surface area (Å²) in [6.07, 6.45) is 0. The van der Waals surface area contributed by atoms with Crippen LogP contribution in [0.4, 0.5) is 0 Å². The molecule has 0 amide bonds. The Hall–Kier alpha value is -2.46. The second-order valence-electron chi connectivity index (χ2n) is 7.05. The summed E-state index contributed by atoms with van der Waals surface area (Å²) in [7, 11) is 4.04. The van der Waals surface area contributed by atoms with E-state index >= 15 is 0 Å². The van der Waals surface area contributed by atoms with Crippen LogP contribution in [0.25, 0.3) is 0 Å². The minimum Gasteiger partial charge on any atom is -0.440 e. The van der Waals surface area contributed by atoms with Gasteiger partial charge in [-0.15, -0.1) is 0 Å². The number of fused-ring (bicyclic) bond motifs is 1. The highest BCUT2D eigenvalue weighted by molar-refractivity contribution is 6.42. The number of aromatic nitrogens is 1. The summed E-state index contributed by atoms with van der Waals surface area (Å²) < 4.78 is 7.33. The summed E-state index contributed by atoms with van der Waals surface area (Å²) in [6, 6.07) is 8.97. The van der Waals surface area contributed by atoms with Gasteiger partial charge in [0, 0.05) is 11.8 Å². The van der Waals surface area contributed by atoms with Crippen LogP contribution in [0.5, 0.6) is 5.75 Å². The number of allylic oxidation sites excluding steroid dienone is 1. The van der Waals surface area contributed by atoms with Crippen LogP contribution in [0.1, 0.15) is 22.7 Å². The minimum absolute atomic E-state index is 0.0367. The number of hydrogen-bond donors (Lipinski definition) is 2. The number of quaternary nitrogens is 1. The SMILES string of the molecule is Cc1cc2c(c(=O)n1CC[NH+](C)C)[C@H](c1cccc(Cl)c1Cl)C(C#N)=C(N)O2. The van der Waals surface area contributed by atoms with Crippen molar-refractivity contribution in [1.29, 1.82) is 5.26 Å². The number of likely N-dealkylation sites (N-methyl/N-ethyl adjacent to an activating group) is 1. The monoisotopic (exact) mass is 419 g/mol. The van der Waals surface area contributed by atoms with Crippen LogP contribution in [0.2, 0.25) is 10.0 Å². The lowest BCUT2D eigenvalue weighted by Gasteiger charge is -2.28. The highest BCUT2D eigenvalue weighted by Crippen LogP contribution is 2.44. The van der Waals surface area contributed by atoms with Crippen LogP contribution in [0.15, 0.2) is 40.5 Å². The van der Waals surface area contributed by atoms with Crippen molar-refractivity contribution < 1.29 is 9.64 Å². The minimum atomic E-state index is -0.744. The van der Waals surface area contributed by atoms with Gasteiger partial charge in [0.05, 0.1) is 48.7 Å². The van der Waals surface area contributed by atoms with Crippen molar-refractivity contribution in [3.8, 4) is 11.8 Å². The first-order valence-corrected chi connectivity index (χ1v) is 9.56. The number of nitrogens with two attached hydrogens (primary N) is 1. The van der Waals surface area contributed by atoms with Gasteiger partial charge in [-0.05, 0) is 18.6 Å². The van der Waals surface area contributed by atoms with Crippen molar-refractivity contribution in [3.63, 3.8) is 0 Å². The number of nitrogens with one attached hydrogen (secondary N) is 1. The Morgan fingerprint density at radius 3 is 2.71 bits per heavy atom. The number of rotatable bonds is 4. The maximum absolute atomic E-state index is 13.4. The summed E-state index contributed by atoms with van der Waals surface area (Å²) >= 11 is 12.6. The lowest BCUT2D eigenvalue weighted by atomic mass is 9.84. The average Bonchev–Trinajstić information content (AvgIpc) is 2.62. The van der Waals surface area contributed by atoms with Crippen molar-refractivity contribution in [3.05, 3.63) is 72.9 Å². The molecule has 8 heteroatoms. The number of ether oxygens (including phenoxy) is 1. The van der Waals surface area contributed by atoms with Gasteiger partial charge in [-0.1, -0.05) is 35.3 Å². The summed E-state index contributed by atoms with van der Waals surface area (Å²) in [6.45, 7) is 3.15. The molecular weight excluding hydrogens is 399 g/mol. The van der Waals surface area contributed by atoms with E-state index in [9.17, 15) is 10.1 Å². The molecule has 3 N–H and O–H groups in total. The Kier molecular flexibility index (Phi) is 5.71. The van der Waals surface area contributed by atoms with Gasteiger partial charge in [0.1, 0.15) is 17.4 Å². The highest BCUT2D eigenvalue weighted by Gasteiger charge is 2.35. The zero-order valence-corrected chi connectivity index (χ0v) is 17.4. The molecule has 28 heavy (non-hydrogen) atoms. The largest absolute Gasteiger partial charge is 0.440 e. The van der Waals surface area contributed by atoms with Gasteiger partial charge >= 0.3 is 0 Å². The quantitative estimate of drug-likeness (QED) is 0.791. The summed E-state index contributed by atoms with van der Waals surface area (Å²) in [5, 5.41) is 10.3. The van der Waals surface area contributed by atoms with E-state index < -0.39 is 5.92 Å². The number of halogens is 2. The maximum atomic E-state index is 13.4. The van der Waals surface area contributed by atoms with Crippen LogP contribution in [-0.2, 0) is 6.54 Å². The predicted octanol–water partition coefficient (Wildman–Crippen LogP) is 1.83. The Morgan fingerprint density at radius 1 is 1.36 bits per heavy atom. The molecule has 0 fully saturated rings. The second-order valence-corrected chi connectivity index (χ2v) is 7.83. The smallest absolute Gasteiger partial charge is 0.258 e. The fraction of sp³-hybridized carbons (Fsp3) is 0.300. The topological polar surface area (TPSA) is 85.5 Å². The Balaban J connectivity index is 2.29. The van der Waals surface area contributed by atoms with Crippen molar-refractivity contribution in [2.45, 2.75) is 19.4 Å². The summed E-state index contributed by atoms with van der Waals surface area (Å²) in [5.74, 6) is -0.440. The van der Waals surface area contributed by atoms with Crippen LogP contribution in [0, 0.1) is 18.3 Å². The molecule has 6 nitrogen and oxygen atoms in total. The highest BCUT2D eigenvalue weighted by atomic mass is 35.5. The number of nitrogens with zero attached hydrogens (tertiary/aromatic N) is 2. The number of aryl methyl sites for hydroxylation is 1. The fourth-order valence-corrected chi connectivity index (χ4v) is 3.77. The van der Waals surface area contributed by atoms with Crippen LogP contribution in [-0.4, -0.2) is 25.2 Å². The lowest BCUT2D eigenvalue weighted by Crippen LogP contribution is -3.06. The first kappa shape index (κ1) is 20.3. The van der Waals surface area contributed by atoms with Gasteiger partial charge < -0.3 is 19.9 Å². The zero-order chi connectivity index (χ0) is 20.6. The molecule has 0 aliphatic carbocycles. The molecule has 0 spiro atoms. The molecule has 2 aromatic rings. The normalized spacial score (nSPS) is 16.0. The van der Waals surface area contributed by atoms with E-state index in [-0.39, 0.29) is 22.0 Å². The molecule has 0 unspecified atom stereocenters. The van der Waals surface area contributed by atoms with Gasteiger partial charge in [0.2, 0.25) is 5.88 Å². The summed E-state index contributed by atoms with van der Waals surface area (Å²) in [5.41, 5.74) is 7.57. The van der Waals surface area contributed by atoms with Crippen LogP contribution < -0.4 is 20.9 Å². The van der Waals surface area contributed by atoms with E-state index in [0.717, 1.165) is 12.2 Å². The van der Waals surface area contributed by atoms with E-state index in [1.165, 1.54) is 4.90 Å². The average molecular weight is 420 g/mol. The maximum Gasteiger partial charge on any atom is 0.258 e. The number of benzene rings is 1. The molecule has 1 aromatic heterocycles. The molecule has 1 aliphatic rings. The van der Waals surface area contributed by atoms with Gasteiger partial charge in [-0.25, -0.2) is 0 Å². The number of pyridine rings is 1. The third-order valence-electron chi connectivity index (χ3n) is 4.82. The molecule has 0 radical (unpaired) electrons. The van der Waals surface area contributed by atoms with E-state index in [4.69, 9.17) is 33.7 Å². The third-order valence-corrected chi connectivity index (χ3v) is 5.65. The van der Waals surface area contributed by atoms with E-state index in [1.807, 2.05) is 21.0 Å². The fourth-order valence-electron chi connectivity index (χ4n) is 3.35.